The summed E-state index contributed by atoms with van der Waals surface area (Å²) in [5, 5.41) is 2.72. The van der Waals surface area contributed by atoms with Gasteiger partial charge in [0.15, 0.2) is 11.5 Å². The summed E-state index contributed by atoms with van der Waals surface area (Å²) in [6, 6.07) is 12.9. The lowest BCUT2D eigenvalue weighted by atomic mass is 10.2. The van der Waals surface area contributed by atoms with Crippen molar-refractivity contribution in [1.82, 2.24) is 5.32 Å². The second-order valence-corrected chi connectivity index (χ2v) is 4.96. The summed E-state index contributed by atoms with van der Waals surface area (Å²) in [5.41, 5.74) is 0. The third kappa shape index (κ3) is 3.91. The molecule has 0 radical (unpaired) electrons. The molecule has 0 bridgehead atoms. The molecular weight excluding hydrogens is 301 g/mol. The van der Waals surface area contributed by atoms with Gasteiger partial charge in [-0.3, -0.25) is 4.79 Å². The minimum atomic E-state index is -0.685. The number of carbonyl (C=O) groups is 1. The maximum absolute atomic E-state index is 12.8. The Balaban J connectivity index is 1.42. The summed E-state index contributed by atoms with van der Waals surface area (Å²) in [6.07, 6.45) is -0.685. The topological polar surface area (TPSA) is 56.8 Å². The molecule has 1 heterocycles. The van der Waals surface area contributed by atoms with Crippen molar-refractivity contribution in [2.45, 2.75) is 6.10 Å². The van der Waals surface area contributed by atoms with Gasteiger partial charge in [0.25, 0.3) is 5.91 Å². The van der Waals surface area contributed by atoms with Crippen LogP contribution in [-0.2, 0) is 4.79 Å². The molecule has 5 nitrogen and oxygen atoms in total. The fraction of sp³-hybridized carbons (Fsp3) is 0.235. The van der Waals surface area contributed by atoms with Gasteiger partial charge in [-0.25, -0.2) is 4.39 Å². The fourth-order valence-corrected chi connectivity index (χ4v) is 2.14. The fourth-order valence-electron chi connectivity index (χ4n) is 2.14. The molecular formula is C17H16FNO4. The Morgan fingerprint density at radius 1 is 1.17 bits per heavy atom. The molecule has 23 heavy (non-hydrogen) atoms. The normalized spacial score (nSPS) is 15.8. The van der Waals surface area contributed by atoms with E-state index < -0.39 is 6.10 Å². The zero-order valence-electron chi connectivity index (χ0n) is 12.3. The van der Waals surface area contributed by atoms with Crippen LogP contribution >= 0.6 is 0 Å². The van der Waals surface area contributed by atoms with E-state index in [9.17, 15) is 9.18 Å². The van der Waals surface area contributed by atoms with E-state index in [1.54, 1.807) is 12.1 Å². The third-order valence-electron chi connectivity index (χ3n) is 3.28. The first-order chi connectivity index (χ1) is 11.2. The molecule has 0 spiro atoms. The van der Waals surface area contributed by atoms with Crippen molar-refractivity contribution < 1.29 is 23.4 Å². The van der Waals surface area contributed by atoms with E-state index in [0.717, 1.165) is 0 Å². The lowest BCUT2D eigenvalue weighted by Crippen LogP contribution is -2.45. The summed E-state index contributed by atoms with van der Waals surface area (Å²) < 4.78 is 29.2. The molecule has 120 valence electrons. The Morgan fingerprint density at radius 3 is 2.70 bits per heavy atom. The SMILES string of the molecule is O=C(NCCOc1ccc(F)cc1)[C@H]1COc2ccccc2O1. The van der Waals surface area contributed by atoms with Gasteiger partial charge in [-0.2, -0.15) is 0 Å². The Labute approximate surface area is 133 Å². The summed E-state index contributed by atoms with van der Waals surface area (Å²) >= 11 is 0. The van der Waals surface area contributed by atoms with E-state index in [-0.39, 0.29) is 24.9 Å². The van der Waals surface area contributed by atoms with Gasteiger partial charge < -0.3 is 19.5 Å². The first-order valence-corrected chi connectivity index (χ1v) is 7.27. The van der Waals surface area contributed by atoms with Crippen molar-refractivity contribution in [1.29, 1.82) is 0 Å². The summed E-state index contributed by atoms with van der Waals surface area (Å²) in [7, 11) is 0. The van der Waals surface area contributed by atoms with Gasteiger partial charge in [0.2, 0.25) is 6.10 Å². The molecule has 0 aliphatic carbocycles. The number of ether oxygens (including phenoxy) is 3. The molecule has 1 aliphatic rings. The Kier molecular flexibility index (Phi) is 4.61. The molecule has 6 heteroatoms. The number of halogens is 1. The van der Waals surface area contributed by atoms with E-state index in [2.05, 4.69) is 5.32 Å². The van der Waals surface area contributed by atoms with Gasteiger partial charge in [0, 0.05) is 0 Å². The van der Waals surface area contributed by atoms with Gasteiger partial charge in [-0.1, -0.05) is 12.1 Å². The maximum Gasteiger partial charge on any atom is 0.264 e. The smallest absolute Gasteiger partial charge is 0.264 e. The summed E-state index contributed by atoms with van der Waals surface area (Å²) in [5.74, 6) is 1.16. The van der Waals surface area contributed by atoms with E-state index >= 15 is 0 Å². The highest BCUT2D eigenvalue weighted by molar-refractivity contribution is 5.81. The number of carbonyl (C=O) groups excluding carboxylic acids is 1. The van der Waals surface area contributed by atoms with E-state index in [1.165, 1.54) is 24.3 Å². The standard InChI is InChI=1S/C17H16FNO4/c18-12-5-7-13(8-6-12)21-10-9-19-17(20)16-11-22-14-3-1-2-4-15(14)23-16/h1-8,16H,9-11H2,(H,19,20)/t16-/m1/s1. The molecule has 0 saturated heterocycles. The van der Waals surface area contributed by atoms with Crippen LogP contribution in [0.15, 0.2) is 48.5 Å². The van der Waals surface area contributed by atoms with E-state index in [4.69, 9.17) is 14.2 Å². The number of para-hydroxylation sites is 2. The van der Waals surface area contributed by atoms with E-state index in [0.29, 0.717) is 23.8 Å². The van der Waals surface area contributed by atoms with Crippen LogP contribution in [0.4, 0.5) is 4.39 Å². The lowest BCUT2D eigenvalue weighted by molar-refractivity contribution is -0.130. The number of fused-ring (bicyclic) bond motifs is 1. The first-order valence-electron chi connectivity index (χ1n) is 7.27. The van der Waals surface area contributed by atoms with Crippen LogP contribution in [0, 0.1) is 5.82 Å². The molecule has 0 aromatic heterocycles. The zero-order valence-corrected chi connectivity index (χ0v) is 12.3. The molecule has 1 N–H and O–H groups in total. The average molecular weight is 317 g/mol. The molecule has 3 rings (SSSR count). The number of benzene rings is 2. The number of rotatable bonds is 5. The molecule has 1 aliphatic heterocycles. The molecule has 1 atom stereocenters. The highest BCUT2D eigenvalue weighted by atomic mass is 19.1. The zero-order chi connectivity index (χ0) is 16.1. The van der Waals surface area contributed by atoms with Crippen molar-refractivity contribution in [3.05, 3.63) is 54.3 Å². The Hall–Kier alpha value is -2.76. The largest absolute Gasteiger partial charge is 0.492 e. The third-order valence-corrected chi connectivity index (χ3v) is 3.28. The van der Waals surface area contributed by atoms with E-state index in [1.807, 2.05) is 12.1 Å². The predicted octanol–water partition coefficient (Wildman–Crippen LogP) is 2.16. The van der Waals surface area contributed by atoms with Crippen LogP contribution in [0.5, 0.6) is 17.2 Å². The van der Waals surface area contributed by atoms with Crippen LogP contribution < -0.4 is 19.5 Å². The predicted molar refractivity (Wildman–Crippen MR) is 81.3 cm³/mol. The van der Waals surface area contributed by atoms with Crippen molar-refractivity contribution in [3.63, 3.8) is 0 Å². The van der Waals surface area contributed by atoms with Crippen molar-refractivity contribution in [3.8, 4) is 17.2 Å². The van der Waals surface area contributed by atoms with Gasteiger partial charge >= 0.3 is 0 Å². The highest BCUT2D eigenvalue weighted by Gasteiger charge is 2.26. The summed E-state index contributed by atoms with van der Waals surface area (Å²) in [4.78, 5) is 12.0. The highest BCUT2D eigenvalue weighted by Crippen LogP contribution is 2.30. The second-order valence-electron chi connectivity index (χ2n) is 4.96. The van der Waals surface area contributed by atoms with Crippen LogP contribution in [0.1, 0.15) is 0 Å². The summed E-state index contributed by atoms with van der Waals surface area (Å²) in [6.45, 7) is 0.765. The molecule has 1 amide bonds. The number of amides is 1. The number of nitrogens with one attached hydrogen (secondary N) is 1. The molecule has 0 unspecified atom stereocenters. The van der Waals surface area contributed by atoms with Crippen LogP contribution in [0.25, 0.3) is 0 Å². The monoisotopic (exact) mass is 317 g/mol. The van der Waals surface area contributed by atoms with Crippen LogP contribution in [-0.4, -0.2) is 31.8 Å². The Morgan fingerprint density at radius 2 is 1.91 bits per heavy atom. The quantitative estimate of drug-likeness (QED) is 0.859. The lowest BCUT2D eigenvalue weighted by Gasteiger charge is -2.25. The molecule has 2 aromatic carbocycles. The van der Waals surface area contributed by atoms with Crippen molar-refractivity contribution in [2.24, 2.45) is 0 Å². The average Bonchev–Trinajstić information content (AvgIpc) is 2.59. The Bertz CT molecular complexity index is 675. The number of hydrogen-bond acceptors (Lipinski definition) is 4. The van der Waals surface area contributed by atoms with Gasteiger partial charge in [0.1, 0.15) is 24.8 Å². The van der Waals surface area contributed by atoms with Crippen LogP contribution in [0.2, 0.25) is 0 Å². The first kappa shape index (κ1) is 15.1. The van der Waals surface area contributed by atoms with Crippen molar-refractivity contribution in [2.75, 3.05) is 19.8 Å². The van der Waals surface area contributed by atoms with Gasteiger partial charge in [0.05, 0.1) is 6.54 Å². The maximum atomic E-state index is 12.8. The minimum Gasteiger partial charge on any atom is -0.492 e. The molecule has 2 aromatic rings. The number of hydrogen-bond donors (Lipinski definition) is 1. The second kappa shape index (κ2) is 7.00. The molecule has 0 fully saturated rings. The van der Waals surface area contributed by atoms with Crippen molar-refractivity contribution >= 4 is 5.91 Å². The minimum absolute atomic E-state index is 0.168. The van der Waals surface area contributed by atoms with Gasteiger partial charge in [-0.05, 0) is 36.4 Å². The van der Waals surface area contributed by atoms with Crippen LogP contribution in [0.3, 0.4) is 0 Å². The molecule has 0 saturated carbocycles. The van der Waals surface area contributed by atoms with Gasteiger partial charge in [-0.15, -0.1) is 0 Å².